The van der Waals surface area contributed by atoms with Crippen LogP contribution < -0.4 is 14.9 Å². The van der Waals surface area contributed by atoms with E-state index in [9.17, 15) is 13.6 Å². The molecule has 0 aliphatic carbocycles. The van der Waals surface area contributed by atoms with Crippen molar-refractivity contribution in [3.63, 3.8) is 0 Å². The topological polar surface area (TPSA) is 59.9 Å². The van der Waals surface area contributed by atoms with E-state index >= 15 is 0 Å². The molecule has 0 fully saturated rings. The molecular formula is C15H10F2N2O3. The quantitative estimate of drug-likeness (QED) is 0.700. The maximum Gasteiger partial charge on any atom is 0.277 e. The van der Waals surface area contributed by atoms with E-state index in [1.165, 1.54) is 12.3 Å². The van der Waals surface area contributed by atoms with Gasteiger partial charge in [0.2, 0.25) is 6.79 Å². The minimum Gasteiger partial charge on any atom is -0.454 e. The largest absolute Gasteiger partial charge is 0.454 e. The van der Waals surface area contributed by atoms with E-state index in [-0.39, 0.29) is 6.79 Å². The summed E-state index contributed by atoms with van der Waals surface area (Å²) in [5.41, 5.74) is 1.96. The molecule has 7 heteroatoms. The van der Waals surface area contributed by atoms with Gasteiger partial charge in [-0.2, -0.15) is 5.10 Å². The van der Waals surface area contributed by atoms with Crippen LogP contribution in [0.3, 0.4) is 0 Å². The van der Waals surface area contributed by atoms with Crippen molar-refractivity contribution in [2.75, 3.05) is 6.79 Å². The van der Waals surface area contributed by atoms with Crippen LogP contribution in [0, 0.1) is 11.6 Å². The predicted molar refractivity (Wildman–Crippen MR) is 74.0 cm³/mol. The molecule has 0 spiro atoms. The van der Waals surface area contributed by atoms with Crippen molar-refractivity contribution >= 4 is 12.1 Å². The second-order valence-corrected chi connectivity index (χ2v) is 4.38. The summed E-state index contributed by atoms with van der Waals surface area (Å²) >= 11 is 0. The highest BCUT2D eigenvalue weighted by molar-refractivity contribution is 5.95. The van der Waals surface area contributed by atoms with Crippen LogP contribution in [0.1, 0.15) is 15.9 Å². The van der Waals surface area contributed by atoms with Crippen molar-refractivity contribution in [3.8, 4) is 11.5 Å². The number of para-hydroxylation sites is 1. The van der Waals surface area contributed by atoms with Gasteiger partial charge in [-0.05, 0) is 24.3 Å². The normalized spacial score (nSPS) is 12.6. The smallest absolute Gasteiger partial charge is 0.277 e. The van der Waals surface area contributed by atoms with Crippen LogP contribution >= 0.6 is 0 Å². The minimum absolute atomic E-state index is 0.104. The van der Waals surface area contributed by atoms with Crippen LogP contribution in [0.5, 0.6) is 11.5 Å². The first-order chi connectivity index (χ1) is 10.7. The molecule has 1 aliphatic rings. The van der Waals surface area contributed by atoms with Crippen molar-refractivity contribution in [2.45, 2.75) is 0 Å². The van der Waals surface area contributed by atoms with E-state index in [2.05, 4.69) is 10.5 Å². The average Bonchev–Trinajstić information content (AvgIpc) is 2.96. The molecule has 0 unspecified atom stereocenters. The third-order valence-corrected chi connectivity index (χ3v) is 2.99. The lowest BCUT2D eigenvalue weighted by atomic mass is 10.2. The summed E-state index contributed by atoms with van der Waals surface area (Å²) in [5.74, 6) is -1.82. The fourth-order valence-electron chi connectivity index (χ4n) is 1.99. The van der Waals surface area contributed by atoms with Gasteiger partial charge in [-0.3, -0.25) is 4.79 Å². The maximum atomic E-state index is 13.4. The Morgan fingerprint density at radius 2 is 1.86 bits per heavy atom. The van der Waals surface area contributed by atoms with E-state index in [4.69, 9.17) is 9.47 Å². The van der Waals surface area contributed by atoms with E-state index in [0.29, 0.717) is 17.1 Å². The highest BCUT2D eigenvalue weighted by atomic mass is 19.1. The lowest BCUT2D eigenvalue weighted by Gasteiger charge is -2.03. The third kappa shape index (κ3) is 2.60. The van der Waals surface area contributed by atoms with Gasteiger partial charge in [-0.15, -0.1) is 0 Å². The number of rotatable bonds is 3. The predicted octanol–water partition coefficient (Wildman–Crippen LogP) is 2.46. The molecule has 1 aliphatic heterocycles. The van der Waals surface area contributed by atoms with E-state index in [1.807, 2.05) is 0 Å². The molecule has 0 bridgehead atoms. The highest BCUT2D eigenvalue weighted by Gasteiger charge is 2.17. The van der Waals surface area contributed by atoms with Gasteiger partial charge >= 0.3 is 0 Å². The number of halogens is 2. The second kappa shape index (κ2) is 5.80. The summed E-state index contributed by atoms with van der Waals surface area (Å²) in [6, 6.07) is 8.33. The van der Waals surface area contributed by atoms with Gasteiger partial charge in [-0.1, -0.05) is 12.1 Å². The van der Waals surface area contributed by atoms with Crippen LogP contribution in [0.25, 0.3) is 0 Å². The van der Waals surface area contributed by atoms with Crippen LogP contribution in [-0.4, -0.2) is 18.9 Å². The van der Waals surface area contributed by atoms with E-state index < -0.39 is 23.1 Å². The Labute approximate surface area is 124 Å². The molecule has 1 N–H and O–H groups in total. The van der Waals surface area contributed by atoms with Gasteiger partial charge in [0.15, 0.2) is 11.5 Å². The Kier molecular flexibility index (Phi) is 3.69. The van der Waals surface area contributed by atoms with Crippen molar-refractivity contribution in [2.24, 2.45) is 5.10 Å². The standard InChI is InChI=1S/C15H10F2N2O3/c16-10-4-2-5-11(17)13(10)15(20)19-18-7-9-3-1-6-12-14(9)22-8-21-12/h1-7H,8H2,(H,19,20)/b18-7+. The fourth-order valence-corrected chi connectivity index (χ4v) is 1.99. The van der Waals surface area contributed by atoms with Gasteiger partial charge in [0.25, 0.3) is 5.91 Å². The van der Waals surface area contributed by atoms with Gasteiger partial charge in [0.1, 0.15) is 17.2 Å². The summed E-state index contributed by atoms with van der Waals surface area (Å²) in [4.78, 5) is 11.7. The molecule has 5 nitrogen and oxygen atoms in total. The number of hydrazone groups is 1. The van der Waals surface area contributed by atoms with E-state index in [1.54, 1.807) is 18.2 Å². The van der Waals surface area contributed by atoms with Crippen LogP contribution in [0.4, 0.5) is 8.78 Å². The fraction of sp³-hybridized carbons (Fsp3) is 0.0667. The molecule has 22 heavy (non-hydrogen) atoms. The molecule has 2 aromatic rings. The molecule has 2 aromatic carbocycles. The molecule has 0 saturated heterocycles. The molecule has 3 rings (SSSR count). The lowest BCUT2D eigenvalue weighted by Crippen LogP contribution is -2.20. The number of benzene rings is 2. The van der Waals surface area contributed by atoms with Crippen LogP contribution in [0.2, 0.25) is 0 Å². The van der Waals surface area contributed by atoms with Crippen LogP contribution in [-0.2, 0) is 0 Å². The molecule has 1 amide bonds. The zero-order valence-corrected chi connectivity index (χ0v) is 11.2. The number of amides is 1. The number of hydrogen-bond acceptors (Lipinski definition) is 4. The Balaban J connectivity index is 1.76. The number of carbonyl (C=O) groups excluding carboxylic acids is 1. The lowest BCUT2D eigenvalue weighted by molar-refractivity contribution is 0.0946. The zero-order valence-electron chi connectivity index (χ0n) is 11.2. The summed E-state index contributed by atoms with van der Waals surface area (Å²) < 4.78 is 37.3. The number of ether oxygens (including phenoxy) is 2. The molecule has 112 valence electrons. The van der Waals surface area contributed by atoms with Gasteiger partial charge < -0.3 is 9.47 Å². The van der Waals surface area contributed by atoms with Gasteiger partial charge in [-0.25, -0.2) is 14.2 Å². The Bertz CT molecular complexity index is 742. The van der Waals surface area contributed by atoms with Crippen molar-refractivity contribution < 1.29 is 23.0 Å². The van der Waals surface area contributed by atoms with E-state index in [0.717, 1.165) is 12.1 Å². The number of carbonyl (C=O) groups is 1. The first-order valence-corrected chi connectivity index (χ1v) is 6.33. The number of fused-ring (bicyclic) bond motifs is 1. The zero-order chi connectivity index (χ0) is 15.5. The first kappa shape index (κ1) is 14.0. The third-order valence-electron chi connectivity index (χ3n) is 2.99. The Morgan fingerprint density at radius 3 is 2.64 bits per heavy atom. The number of nitrogens with one attached hydrogen (secondary N) is 1. The SMILES string of the molecule is O=C(N/N=C/c1cccc2c1OCO2)c1c(F)cccc1F. The first-order valence-electron chi connectivity index (χ1n) is 6.33. The monoisotopic (exact) mass is 304 g/mol. The maximum absolute atomic E-state index is 13.4. The summed E-state index contributed by atoms with van der Waals surface area (Å²) in [5, 5.41) is 3.68. The summed E-state index contributed by atoms with van der Waals surface area (Å²) in [6.45, 7) is 0.104. The van der Waals surface area contributed by atoms with Crippen molar-refractivity contribution in [1.29, 1.82) is 0 Å². The van der Waals surface area contributed by atoms with Crippen molar-refractivity contribution in [3.05, 3.63) is 59.2 Å². The van der Waals surface area contributed by atoms with Crippen molar-refractivity contribution in [1.82, 2.24) is 5.43 Å². The summed E-state index contributed by atoms with van der Waals surface area (Å²) in [6.07, 6.45) is 1.31. The highest BCUT2D eigenvalue weighted by Crippen LogP contribution is 2.34. The Morgan fingerprint density at radius 1 is 1.14 bits per heavy atom. The van der Waals surface area contributed by atoms with Gasteiger partial charge in [0, 0.05) is 5.56 Å². The molecule has 0 aromatic heterocycles. The second-order valence-electron chi connectivity index (χ2n) is 4.38. The van der Waals surface area contributed by atoms with Crippen LogP contribution in [0.15, 0.2) is 41.5 Å². The molecule has 1 heterocycles. The number of nitrogens with zero attached hydrogens (tertiary/aromatic N) is 1. The number of hydrogen-bond donors (Lipinski definition) is 1. The molecular weight excluding hydrogens is 294 g/mol. The molecule has 0 radical (unpaired) electrons. The molecule has 0 atom stereocenters. The molecule has 0 saturated carbocycles. The Hall–Kier alpha value is -2.96. The minimum atomic E-state index is -0.975. The van der Waals surface area contributed by atoms with Gasteiger partial charge in [0.05, 0.1) is 6.21 Å². The summed E-state index contributed by atoms with van der Waals surface area (Å²) in [7, 11) is 0. The average molecular weight is 304 g/mol.